The Kier molecular flexibility index (Phi) is 6.53. The van der Waals surface area contributed by atoms with Crippen LogP contribution in [0.3, 0.4) is 0 Å². The minimum atomic E-state index is -0.983. The molecule has 0 atom stereocenters. The van der Waals surface area contributed by atoms with Gasteiger partial charge in [0.15, 0.2) is 0 Å². The first-order chi connectivity index (χ1) is 9.56. The lowest BCUT2D eigenvalue weighted by Gasteiger charge is -2.33. The fourth-order valence-electron chi connectivity index (χ4n) is 1.91. The number of likely N-dealkylation sites (N-methyl/N-ethyl adjacent to an activating group) is 1. The largest absolute Gasteiger partial charge is 0.481 e. The summed E-state index contributed by atoms with van der Waals surface area (Å²) in [5.74, 6) is -1.50. The van der Waals surface area contributed by atoms with Crippen LogP contribution in [-0.4, -0.2) is 66.1 Å². The Morgan fingerprint density at radius 2 is 2.00 bits per heavy atom. The molecule has 1 heterocycles. The van der Waals surface area contributed by atoms with Crippen LogP contribution in [0.5, 0.6) is 0 Å². The minimum Gasteiger partial charge on any atom is -0.481 e. The molecule has 0 radical (unpaired) electrons. The van der Waals surface area contributed by atoms with E-state index in [1.165, 1.54) is 0 Å². The number of amides is 1. The fourth-order valence-corrected chi connectivity index (χ4v) is 1.91. The first kappa shape index (κ1) is 16.0. The van der Waals surface area contributed by atoms with Gasteiger partial charge in [0.1, 0.15) is 11.6 Å². The molecule has 1 rings (SSSR count). The molecule has 20 heavy (non-hydrogen) atoms. The summed E-state index contributed by atoms with van der Waals surface area (Å²) in [6.07, 6.45) is 1.41. The summed E-state index contributed by atoms with van der Waals surface area (Å²) in [6, 6.07) is 1.86. The van der Waals surface area contributed by atoms with E-state index in [0.717, 1.165) is 32.7 Å². The Balaban J connectivity index is 2.49. The number of piperazine rings is 1. The number of hydrogen-bond donors (Lipinski definition) is 2. The van der Waals surface area contributed by atoms with Crippen LogP contribution in [0.4, 0.5) is 0 Å². The van der Waals surface area contributed by atoms with Gasteiger partial charge in [0.2, 0.25) is 0 Å². The number of nitriles is 1. The van der Waals surface area contributed by atoms with Crippen molar-refractivity contribution in [1.82, 2.24) is 15.1 Å². The van der Waals surface area contributed by atoms with Crippen molar-refractivity contribution in [2.45, 2.75) is 13.3 Å². The zero-order chi connectivity index (χ0) is 15.0. The monoisotopic (exact) mass is 280 g/mol. The van der Waals surface area contributed by atoms with Gasteiger partial charge in [0.05, 0.1) is 6.42 Å². The molecule has 0 aromatic carbocycles. The van der Waals surface area contributed by atoms with Gasteiger partial charge in [-0.25, -0.2) is 0 Å². The summed E-state index contributed by atoms with van der Waals surface area (Å²) in [6.45, 7) is 6.50. The maximum absolute atomic E-state index is 11.7. The average molecular weight is 280 g/mol. The first-order valence-corrected chi connectivity index (χ1v) is 6.65. The van der Waals surface area contributed by atoms with Crippen molar-refractivity contribution in [3.05, 3.63) is 11.8 Å². The molecule has 0 aliphatic carbocycles. The Bertz CT molecular complexity index is 420. The molecule has 1 aliphatic rings. The Labute approximate surface area is 118 Å². The molecule has 0 aromatic heterocycles. The predicted octanol–water partition coefficient (Wildman–Crippen LogP) is -0.378. The number of aliphatic carboxylic acids is 1. The van der Waals surface area contributed by atoms with Crippen LogP contribution < -0.4 is 5.32 Å². The molecule has 0 bridgehead atoms. The second kappa shape index (κ2) is 8.17. The van der Waals surface area contributed by atoms with Gasteiger partial charge in [-0.05, 0) is 6.54 Å². The summed E-state index contributed by atoms with van der Waals surface area (Å²) in [5.41, 5.74) is 0.0142. The number of carboxylic acid groups (broad SMARTS) is 1. The maximum atomic E-state index is 11.7. The van der Waals surface area contributed by atoms with Gasteiger partial charge in [-0.3, -0.25) is 9.59 Å². The number of hydrogen-bond acceptors (Lipinski definition) is 5. The lowest BCUT2D eigenvalue weighted by molar-refractivity contribution is -0.136. The highest BCUT2D eigenvalue weighted by Crippen LogP contribution is 2.04. The number of carbonyl (C=O) groups excluding carboxylic acids is 1. The number of rotatable bonds is 6. The molecule has 1 amide bonds. The zero-order valence-corrected chi connectivity index (χ0v) is 11.6. The lowest BCUT2D eigenvalue weighted by Crippen LogP contribution is -2.44. The highest BCUT2D eigenvalue weighted by molar-refractivity contribution is 5.97. The van der Waals surface area contributed by atoms with Crippen molar-refractivity contribution in [1.29, 1.82) is 5.26 Å². The molecule has 0 spiro atoms. The smallest absolute Gasteiger partial charge is 0.305 e. The normalized spacial score (nSPS) is 16.6. The van der Waals surface area contributed by atoms with E-state index in [1.807, 2.05) is 11.0 Å². The second-order valence-corrected chi connectivity index (χ2v) is 4.52. The Hall–Kier alpha value is -2.07. The third-order valence-corrected chi connectivity index (χ3v) is 3.16. The number of nitrogens with one attached hydrogen (secondary N) is 1. The third-order valence-electron chi connectivity index (χ3n) is 3.16. The molecule has 0 unspecified atom stereocenters. The minimum absolute atomic E-state index is 0.0142. The van der Waals surface area contributed by atoms with Crippen molar-refractivity contribution in [2.75, 3.05) is 39.3 Å². The molecule has 0 aromatic rings. The summed E-state index contributed by atoms with van der Waals surface area (Å²) in [4.78, 5) is 26.3. The molecule has 1 fully saturated rings. The summed E-state index contributed by atoms with van der Waals surface area (Å²) in [7, 11) is 0. The van der Waals surface area contributed by atoms with Crippen molar-refractivity contribution >= 4 is 11.9 Å². The van der Waals surface area contributed by atoms with Crippen molar-refractivity contribution in [2.24, 2.45) is 0 Å². The van der Waals surface area contributed by atoms with Gasteiger partial charge >= 0.3 is 5.97 Å². The molecule has 7 heteroatoms. The Morgan fingerprint density at radius 1 is 1.35 bits per heavy atom. The van der Waals surface area contributed by atoms with Crippen LogP contribution in [0.1, 0.15) is 13.3 Å². The Morgan fingerprint density at radius 3 is 2.50 bits per heavy atom. The fraction of sp³-hybridized carbons (Fsp3) is 0.615. The second-order valence-electron chi connectivity index (χ2n) is 4.52. The van der Waals surface area contributed by atoms with Gasteiger partial charge in [0.25, 0.3) is 5.91 Å². The third kappa shape index (κ3) is 5.28. The average Bonchev–Trinajstić information content (AvgIpc) is 2.44. The zero-order valence-electron chi connectivity index (χ0n) is 11.6. The standard InChI is InChI=1S/C13H20N4O3/c1-2-16-5-7-17(8-6-16)10-11(9-14)13(20)15-4-3-12(18)19/h10H,2-8H2,1H3,(H,15,20)(H,18,19)/b11-10-. The number of carboxylic acids is 1. The van der Waals surface area contributed by atoms with Crippen LogP contribution in [-0.2, 0) is 9.59 Å². The van der Waals surface area contributed by atoms with E-state index in [2.05, 4.69) is 17.1 Å². The summed E-state index contributed by atoms with van der Waals surface area (Å²) < 4.78 is 0. The number of carbonyl (C=O) groups is 2. The van der Waals surface area contributed by atoms with E-state index >= 15 is 0 Å². The SMILES string of the molecule is CCN1CCN(/C=C(/C#N)C(=O)NCCC(=O)O)CC1. The van der Waals surface area contributed by atoms with Crippen molar-refractivity contribution in [3.8, 4) is 6.07 Å². The van der Waals surface area contributed by atoms with Crippen molar-refractivity contribution in [3.63, 3.8) is 0 Å². The van der Waals surface area contributed by atoms with Gasteiger partial charge in [-0.2, -0.15) is 5.26 Å². The molecular weight excluding hydrogens is 260 g/mol. The van der Waals surface area contributed by atoms with Crippen LogP contribution >= 0.6 is 0 Å². The first-order valence-electron chi connectivity index (χ1n) is 6.65. The van der Waals surface area contributed by atoms with Crippen molar-refractivity contribution < 1.29 is 14.7 Å². The van der Waals surface area contributed by atoms with E-state index in [9.17, 15) is 9.59 Å². The molecule has 2 N–H and O–H groups in total. The van der Waals surface area contributed by atoms with Gasteiger partial charge in [-0.1, -0.05) is 6.92 Å². The van der Waals surface area contributed by atoms with Gasteiger partial charge in [0, 0.05) is 38.9 Å². The van der Waals surface area contributed by atoms with E-state index < -0.39 is 11.9 Å². The maximum Gasteiger partial charge on any atom is 0.305 e. The predicted molar refractivity (Wildman–Crippen MR) is 72.6 cm³/mol. The molecule has 1 aliphatic heterocycles. The van der Waals surface area contributed by atoms with E-state index in [1.54, 1.807) is 6.20 Å². The lowest BCUT2D eigenvalue weighted by atomic mass is 10.2. The summed E-state index contributed by atoms with van der Waals surface area (Å²) in [5, 5.41) is 19.9. The van der Waals surface area contributed by atoms with Gasteiger partial charge < -0.3 is 20.2 Å². The molecule has 7 nitrogen and oxygen atoms in total. The van der Waals surface area contributed by atoms with E-state index in [-0.39, 0.29) is 18.5 Å². The van der Waals surface area contributed by atoms with Crippen LogP contribution in [0.25, 0.3) is 0 Å². The van der Waals surface area contributed by atoms with Crippen LogP contribution in [0.15, 0.2) is 11.8 Å². The quantitative estimate of drug-likeness (QED) is 0.508. The van der Waals surface area contributed by atoms with E-state index in [4.69, 9.17) is 10.4 Å². The molecule has 1 saturated heterocycles. The number of nitrogens with zero attached hydrogens (tertiary/aromatic N) is 3. The molecule has 0 saturated carbocycles. The van der Waals surface area contributed by atoms with Crippen LogP contribution in [0.2, 0.25) is 0 Å². The highest BCUT2D eigenvalue weighted by Gasteiger charge is 2.16. The highest BCUT2D eigenvalue weighted by atomic mass is 16.4. The molecular formula is C13H20N4O3. The topological polar surface area (TPSA) is 96.7 Å². The van der Waals surface area contributed by atoms with Crippen LogP contribution in [0, 0.1) is 11.3 Å². The van der Waals surface area contributed by atoms with Gasteiger partial charge in [-0.15, -0.1) is 0 Å². The summed E-state index contributed by atoms with van der Waals surface area (Å²) >= 11 is 0. The van der Waals surface area contributed by atoms with E-state index in [0.29, 0.717) is 0 Å². The molecule has 110 valence electrons.